The van der Waals surface area contributed by atoms with E-state index in [1.165, 1.54) is 37.0 Å². The van der Waals surface area contributed by atoms with Crippen LogP contribution in [0.5, 0.6) is 17.2 Å². The van der Waals surface area contributed by atoms with Crippen LogP contribution in [0.25, 0.3) is 6.08 Å². The van der Waals surface area contributed by atoms with Crippen LogP contribution in [0.2, 0.25) is 0 Å². The van der Waals surface area contributed by atoms with E-state index in [0.29, 0.717) is 43.4 Å². The molecular weight excluding hydrogens is 496 g/mol. The van der Waals surface area contributed by atoms with Gasteiger partial charge in [0.25, 0.3) is 5.56 Å². The fourth-order valence-corrected chi connectivity index (χ4v) is 5.16. The summed E-state index contributed by atoms with van der Waals surface area (Å²) < 4.78 is 23.3. The second-order valence-electron chi connectivity index (χ2n) is 8.05. The number of carbonyl (C=O) groups is 2. The largest absolute Gasteiger partial charge is 0.493 e. The Bertz CT molecular complexity index is 1580. The number of ether oxygens (including phenoxy) is 4. The van der Waals surface area contributed by atoms with Crippen LogP contribution in [-0.4, -0.2) is 37.3 Å². The number of para-hydroxylation sites is 1. The van der Waals surface area contributed by atoms with Gasteiger partial charge < -0.3 is 18.9 Å². The van der Waals surface area contributed by atoms with Gasteiger partial charge in [0.05, 0.1) is 42.7 Å². The fraction of sp³-hybridized carbons (Fsp3) is 0.259. The molecule has 37 heavy (non-hydrogen) atoms. The summed E-state index contributed by atoms with van der Waals surface area (Å²) in [5.41, 5.74) is 1.55. The molecule has 1 aliphatic rings. The average molecular weight is 523 g/mol. The summed E-state index contributed by atoms with van der Waals surface area (Å²) in [6.45, 7) is 4.92. The van der Waals surface area contributed by atoms with Crippen molar-refractivity contribution in [1.82, 2.24) is 4.57 Å². The van der Waals surface area contributed by atoms with Crippen LogP contribution < -0.4 is 29.1 Å². The van der Waals surface area contributed by atoms with E-state index in [0.717, 1.165) is 0 Å². The minimum absolute atomic E-state index is 0.172. The standard InChI is InChI=1S/C27H26N2O7S/c1-6-35-26(32)23-15(2)28-27-29(24(23)18-11-12-20(33-4)21(13-18)34-5)25(31)22(37-27)14-17-9-7-8-10-19(17)36-16(3)30/h7-14,24H,6H2,1-5H3/b22-14+/t24-/m1/s1. The first-order valence-corrected chi connectivity index (χ1v) is 12.3. The molecule has 1 aliphatic heterocycles. The van der Waals surface area contributed by atoms with Gasteiger partial charge in [0.2, 0.25) is 0 Å². The highest BCUT2D eigenvalue weighted by Gasteiger charge is 2.34. The average Bonchev–Trinajstić information content (AvgIpc) is 3.17. The van der Waals surface area contributed by atoms with Crippen molar-refractivity contribution in [2.45, 2.75) is 26.8 Å². The van der Waals surface area contributed by atoms with Crippen molar-refractivity contribution in [3.8, 4) is 17.2 Å². The summed E-state index contributed by atoms with van der Waals surface area (Å²) in [7, 11) is 3.05. The third-order valence-corrected chi connectivity index (χ3v) is 6.68. The summed E-state index contributed by atoms with van der Waals surface area (Å²) in [5, 5.41) is 0. The summed E-state index contributed by atoms with van der Waals surface area (Å²) in [5.74, 6) is 0.276. The molecular formula is C27H26N2O7S. The molecule has 0 unspecified atom stereocenters. The highest BCUT2D eigenvalue weighted by Crippen LogP contribution is 2.36. The van der Waals surface area contributed by atoms with Crippen LogP contribution in [0.4, 0.5) is 0 Å². The molecule has 0 aliphatic carbocycles. The number of rotatable bonds is 7. The van der Waals surface area contributed by atoms with Gasteiger partial charge >= 0.3 is 11.9 Å². The molecule has 192 valence electrons. The molecule has 0 fully saturated rings. The molecule has 4 rings (SSSR count). The minimum Gasteiger partial charge on any atom is -0.493 e. The molecule has 2 heterocycles. The molecule has 9 nitrogen and oxygen atoms in total. The van der Waals surface area contributed by atoms with E-state index < -0.39 is 18.0 Å². The number of thiazole rings is 1. The lowest BCUT2D eigenvalue weighted by Gasteiger charge is -2.25. The van der Waals surface area contributed by atoms with Crippen molar-refractivity contribution >= 4 is 29.4 Å². The van der Waals surface area contributed by atoms with Crippen molar-refractivity contribution in [1.29, 1.82) is 0 Å². The Kier molecular flexibility index (Phi) is 7.58. The maximum Gasteiger partial charge on any atom is 0.338 e. The number of nitrogens with zero attached hydrogens (tertiary/aromatic N) is 2. The Morgan fingerprint density at radius 2 is 1.81 bits per heavy atom. The van der Waals surface area contributed by atoms with E-state index in [1.807, 2.05) is 0 Å². The van der Waals surface area contributed by atoms with Gasteiger partial charge in [-0.05, 0) is 43.7 Å². The van der Waals surface area contributed by atoms with Crippen molar-refractivity contribution in [2.24, 2.45) is 4.99 Å². The van der Waals surface area contributed by atoms with Gasteiger partial charge in [0, 0.05) is 12.5 Å². The lowest BCUT2D eigenvalue weighted by Crippen LogP contribution is -2.40. The molecule has 2 aromatic carbocycles. The number of benzene rings is 2. The molecule has 0 bridgehead atoms. The molecule has 10 heteroatoms. The predicted octanol–water partition coefficient (Wildman–Crippen LogP) is 2.74. The molecule has 0 saturated carbocycles. The highest BCUT2D eigenvalue weighted by molar-refractivity contribution is 7.07. The van der Waals surface area contributed by atoms with Crippen molar-refractivity contribution in [2.75, 3.05) is 20.8 Å². The first-order valence-electron chi connectivity index (χ1n) is 11.5. The smallest absolute Gasteiger partial charge is 0.338 e. The number of aromatic nitrogens is 1. The van der Waals surface area contributed by atoms with Gasteiger partial charge in [0.15, 0.2) is 16.3 Å². The normalized spacial score (nSPS) is 15.1. The summed E-state index contributed by atoms with van der Waals surface area (Å²) >= 11 is 1.18. The number of esters is 2. The van der Waals surface area contributed by atoms with Gasteiger partial charge in [-0.25, -0.2) is 9.79 Å². The number of allylic oxidation sites excluding steroid dienone is 1. The summed E-state index contributed by atoms with van der Waals surface area (Å²) in [4.78, 5) is 43.4. The third-order valence-electron chi connectivity index (χ3n) is 5.70. The number of fused-ring (bicyclic) bond motifs is 1. The molecule has 0 N–H and O–H groups in total. The third kappa shape index (κ3) is 5.05. The highest BCUT2D eigenvalue weighted by atomic mass is 32.1. The monoisotopic (exact) mass is 522 g/mol. The molecule has 0 amide bonds. The number of hydrogen-bond donors (Lipinski definition) is 0. The van der Waals surface area contributed by atoms with E-state index in [9.17, 15) is 14.4 Å². The first kappa shape index (κ1) is 25.9. The van der Waals surface area contributed by atoms with E-state index in [1.54, 1.807) is 62.4 Å². The van der Waals surface area contributed by atoms with Crippen LogP contribution in [0, 0.1) is 0 Å². The molecule has 0 saturated heterocycles. The zero-order valence-electron chi connectivity index (χ0n) is 21.1. The second-order valence-corrected chi connectivity index (χ2v) is 9.06. The van der Waals surface area contributed by atoms with Crippen molar-refractivity contribution in [3.63, 3.8) is 0 Å². The number of carbonyl (C=O) groups excluding carboxylic acids is 2. The Balaban J connectivity index is 1.96. The zero-order chi connectivity index (χ0) is 26.7. The maximum absolute atomic E-state index is 13.8. The zero-order valence-corrected chi connectivity index (χ0v) is 21.9. The lowest BCUT2D eigenvalue weighted by molar-refractivity contribution is -0.139. The van der Waals surface area contributed by atoms with Crippen molar-refractivity contribution in [3.05, 3.63) is 84.5 Å². The van der Waals surface area contributed by atoms with Gasteiger partial charge in [-0.15, -0.1) is 0 Å². The van der Waals surface area contributed by atoms with Crippen LogP contribution in [0.3, 0.4) is 0 Å². The maximum atomic E-state index is 13.8. The Morgan fingerprint density at radius 1 is 1.08 bits per heavy atom. The quantitative estimate of drug-likeness (QED) is 0.347. The van der Waals surface area contributed by atoms with Gasteiger partial charge in [0.1, 0.15) is 5.75 Å². The Morgan fingerprint density at radius 3 is 2.49 bits per heavy atom. The first-order chi connectivity index (χ1) is 17.8. The van der Waals surface area contributed by atoms with Crippen molar-refractivity contribution < 1.29 is 28.5 Å². The van der Waals surface area contributed by atoms with Gasteiger partial charge in [-0.2, -0.15) is 0 Å². The van der Waals surface area contributed by atoms with Crippen LogP contribution in [0.15, 0.2) is 63.5 Å². The van der Waals surface area contributed by atoms with Crippen LogP contribution in [0.1, 0.15) is 37.9 Å². The minimum atomic E-state index is -0.805. The summed E-state index contributed by atoms with van der Waals surface area (Å²) in [6.07, 6.45) is 1.65. The van der Waals surface area contributed by atoms with E-state index in [4.69, 9.17) is 18.9 Å². The number of hydrogen-bond acceptors (Lipinski definition) is 9. The molecule has 1 atom stereocenters. The SMILES string of the molecule is CCOC(=O)C1=C(C)N=c2s/c(=C/c3ccccc3OC(C)=O)c(=O)n2[C@@H]1c1ccc(OC)c(OC)c1. The van der Waals surface area contributed by atoms with E-state index in [2.05, 4.69) is 4.99 Å². The Labute approximate surface area is 216 Å². The Hall–Kier alpha value is -4.18. The molecule has 1 aromatic heterocycles. The topological polar surface area (TPSA) is 105 Å². The lowest BCUT2D eigenvalue weighted by atomic mass is 9.95. The molecule has 0 spiro atoms. The fourth-order valence-electron chi connectivity index (χ4n) is 4.12. The van der Waals surface area contributed by atoms with Crippen LogP contribution >= 0.6 is 11.3 Å². The van der Waals surface area contributed by atoms with E-state index >= 15 is 0 Å². The second kappa shape index (κ2) is 10.8. The molecule has 0 radical (unpaired) electrons. The van der Waals surface area contributed by atoms with Gasteiger partial charge in [-0.1, -0.05) is 35.6 Å². The summed E-state index contributed by atoms with van der Waals surface area (Å²) in [6, 6.07) is 11.3. The van der Waals surface area contributed by atoms with Crippen LogP contribution in [-0.2, 0) is 14.3 Å². The molecule has 3 aromatic rings. The van der Waals surface area contributed by atoms with Gasteiger partial charge in [-0.3, -0.25) is 14.2 Å². The predicted molar refractivity (Wildman–Crippen MR) is 138 cm³/mol. The number of methoxy groups -OCH3 is 2. The van der Waals surface area contributed by atoms with E-state index in [-0.39, 0.29) is 17.7 Å².